The summed E-state index contributed by atoms with van der Waals surface area (Å²) in [5, 5.41) is 9.25. The second kappa shape index (κ2) is 4.96. The Bertz CT molecular complexity index is 718. The Morgan fingerprint density at radius 3 is 2.83 bits per heavy atom. The fraction of sp³-hybridized carbons (Fsp3) is 0. The number of aliphatic carboxylic acids is 1. The molecule has 2 rings (SSSR count). The lowest BCUT2D eigenvalue weighted by molar-refractivity contribution is -0.131. The van der Waals surface area contributed by atoms with Gasteiger partial charge in [-0.1, -0.05) is 27.5 Å². The third kappa shape index (κ3) is 2.47. The molecule has 1 heterocycles. The number of carboxylic acids is 1. The molecule has 0 radical (unpaired) electrons. The lowest BCUT2D eigenvalue weighted by Gasteiger charge is -2.02. The van der Waals surface area contributed by atoms with Gasteiger partial charge in [-0.25, -0.2) is 9.59 Å². The zero-order valence-corrected chi connectivity index (χ0v) is 11.2. The van der Waals surface area contributed by atoms with Crippen molar-refractivity contribution in [3.63, 3.8) is 0 Å². The largest absolute Gasteiger partial charge is 0.478 e. The van der Waals surface area contributed by atoms with Crippen LogP contribution in [0.15, 0.2) is 38.0 Å². The second-order valence-corrected chi connectivity index (χ2v) is 4.72. The van der Waals surface area contributed by atoms with Crippen LogP contribution in [0.3, 0.4) is 0 Å². The third-order valence-electron chi connectivity index (χ3n) is 2.23. The maximum Gasteiger partial charge on any atom is 0.345 e. The molecule has 0 saturated heterocycles. The van der Waals surface area contributed by atoms with Crippen molar-refractivity contribution in [2.75, 3.05) is 0 Å². The van der Waals surface area contributed by atoms with Gasteiger partial charge in [0.1, 0.15) is 5.58 Å². The Labute approximate surface area is 115 Å². The van der Waals surface area contributed by atoms with Crippen LogP contribution in [0.1, 0.15) is 5.56 Å². The first kappa shape index (κ1) is 12.9. The maximum atomic E-state index is 11.6. The molecule has 0 fully saturated rings. The number of halogens is 2. The van der Waals surface area contributed by atoms with Gasteiger partial charge in [0.05, 0.1) is 10.6 Å². The quantitative estimate of drug-likeness (QED) is 0.678. The van der Waals surface area contributed by atoms with Gasteiger partial charge in [0.2, 0.25) is 0 Å². The summed E-state index contributed by atoms with van der Waals surface area (Å²) in [5.74, 6) is -1.17. The Kier molecular flexibility index (Phi) is 3.54. The summed E-state index contributed by atoms with van der Waals surface area (Å²) in [4.78, 5) is 22.1. The molecule has 0 bridgehead atoms. The minimum atomic E-state index is -1.17. The van der Waals surface area contributed by atoms with Crippen LogP contribution in [0, 0.1) is 0 Å². The number of hydrogen-bond donors (Lipinski definition) is 1. The molecule has 18 heavy (non-hydrogen) atoms. The fourth-order valence-electron chi connectivity index (χ4n) is 1.45. The van der Waals surface area contributed by atoms with Crippen molar-refractivity contribution in [2.45, 2.75) is 0 Å². The fourth-order valence-corrected chi connectivity index (χ4v) is 2.10. The number of fused-ring (bicyclic) bond motifs is 1. The monoisotopic (exact) mass is 328 g/mol. The van der Waals surface area contributed by atoms with Crippen molar-refractivity contribution in [1.29, 1.82) is 0 Å². The molecule has 1 aromatic carbocycles. The molecular weight excluding hydrogens is 323 g/mol. The minimum absolute atomic E-state index is 0.0182. The number of carbonyl (C=O) groups is 1. The minimum Gasteiger partial charge on any atom is -0.478 e. The molecule has 0 unspecified atom stereocenters. The highest BCUT2D eigenvalue weighted by Crippen LogP contribution is 2.28. The molecule has 0 amide bonds. The number of hydrogen-bond acceptors (Lipinski definition) is 3. The summed E-state index contributed by atoms with van der Waals surface area (Å²) in [5.41, 5.74) is -0.308. The molecule has 0 aliphatic carbocycles. The van der Waals surface area contributed by atoms with Crippen LogP contribution in [-0.2, 0) is 4.79 Å². The van der Waals surface area contributed by atoms with Gasteiger partial charge in [-0.15, -0.1) is 0 Å². The van der Waals surface area contributed by atoms with Crippen molar-refractivity contribution < 1.29 is 14.3 Å². The Morgan fingerprint density at radius 1 is 1.44 bits per heavy atom. The van der Waals surface area contributed by atoms with E-state index in [0.29, 0.717) is 11.0 Å². The van der Waals surface area contributed by atoms with Crippen LogP contribution in [0.25, 0.3) is 17.0 Å². The highest BCUT2D eigenvalue weighted by atomic mass is 79.9. The molecule has 1 aromatic heterocycles. The second-order valence-electron chi connectivity index (χ2n) is 3.43. The summed E-state index contributed by atoms with van der Waals surface area (Å²) in [6, 6.07) is 5.02. The Morgan fingerprint density at radius 2 is 2.17 bits per heavy atom. The zero-order chi connectivity index (χ0) is 13.3. The molecule has 92 valence electrons. The van der Waals surface area contributed by atoms with E-state index in [-0.39, 0.29) is 10.6 Å². The molecular formula is C12H6BrClO4. The summed E-state index contributed by atoms with van der Waals surface area (Å²) in [6.07, 6.45) is 1.96. The number of benzene rings is 1. The predicted octanol–water partition coefficient (Wildman–Crippen LogP) is 3.31. The van der Waals surface area contributed by atoms with Gasteiger partial charge in [0.15, 0.2) is 0 Å². The van der Waals surface area contributed by atoms with Crippen molar-refractivity contribution in [3.05, 3.63) is 49.8 Å². The van der Waals surface area contributed by atoms with Gasteiger partial charge in [-0.05, 0) is 24.3 Å². The first-order valence-corrected chi connectivity index (χ1v) is 5.99. The lowest BCUT2D eigenvalue weighted by atomic mass is 10.1. The highest BCUT2D eigenvalue weighted by molar-refractivity contribution is 9.10. The average molecular weight is 330 g/mol. The maximum absolute atomic E-state index is 11.6. The Hall–Kier alpha value is -1.59. The van der Waals surface area contributed by atoms with Crippen LogP contribution in [0.4, 0.5) is 0 Å². The smallest absolute Gasteiger partial charge is 0.345 e. The lowest BCUT2D eigenvalue weighted by Crippen LogP contribution is -2.04. The van der Waals surface area contributed by atoms with Crippen molar-refractivity contribution in [3.8, 4) is 0 Å². The van der Waals surface area contributed by atoms with Crippen LogP contribution >= 0.6 is 27.5 Å². The van der Waals surface area contributed by atoms with E-state index in [2.05, 4.69) is 15.9 Å². The van der Waals surface area contributed by atoms with Crippen LogP contribution in [0.2, 0.25) is 5.02 Å². The van der Waals surface area contributed by atoms with E-state index in [0.717, 1.165) is 16.6 Å². The predicted molar refractivity (Wildman–Crippen MR) is 71.9 cm³/mol. The van der Waals surface area contributed by atoms with Gasteiger partial charge >= 0.3 is 11.6 Å². The van der Waals surface area contributed by atoms with E-state index in [1.807, 2.05) is 0 Å². The molecule has 2 aromatic rings. The summed E-state index contributed by atoms with van der Waals surface area (Å²) < 4.78 is 5.83. The van der Waals surface area contributed by atoms with Gasteiger partial charge in [-0.2, -0.15) is 0 Å². The van der Waals surface area contributed by atoms with Gasteiger partial charge in [-0.3, -0.25) is 0 Å². The highest BCUT2D eigenvalue weighted by Gasteiger charge is 2.11. The van der Waals surface area contributed by atoms with E-state index in [9.17, 15) is 9.59 Å². The Balaban J connectivity index is 2.75. The van der Waals surface area contributed by atoms with Crippen molar-refractivity contribution in [2.24, 2.45) is 0 Å². The van der Waals surface area contributed by atoms with Crippen molar-refractivity contribution in [1.82, 2.24) is 0 Å². The van der Waals surface area contributed by atoms with Crippen molar-refractivity contribution >= 4 is 50.5 Å². The van der Waals surface area contributed by atoms with Gasteiger partial charge in [0.25, 0.3) is 0 Å². The van der Waals surface area contributed by atoms with E-state index >= 15 is 0 Å². The molecule has 0 aliphatic heterocycles. The molecule has 0 spiro atoms. The summed E-state index contributed by atoms with van der Waals surface area (Å²) >= 11 is 9.36. The van der Waals surface area contributed by atoms with Crippen LogP contribution in [-0.4, -0.2) is 11.1 Å². The van der Waals surface area contributed by atoms with E-state index in [4.69, 9.17) is 21.1 Å². The van der Waals surface area contributed by atoms with E-state index in [1.165, 1.54) is 0 Å². The molecule has 0 atom stereocenters. The van der Waals surface area contributed by atoms with Crippen LogP contribution < -0.4 is 5.63 Å². The normalized spacial score (nSPS) is 11.2. The summed E-state index contributed by atoms with van der Waals surface area (Å²) in [7, 11) is 0. The molecule has 0 aliphatic rings. The topological polar surface area (TPSA) is 67.5 Å². The molecule has 0 saturated carbocycles. The third-order valence-corrected chi connectivity index (χ3v) is 3.13. The zero-order valence-electron chi connectivity index (χ0n) is 8.81. The standard InChI is InChI=1S/C12H6BrClO4/c13-6-1-3-9-8(5-6)11(14)7(12(17)18-9)2-4-10(15)16/h1-5H,(H,15,16)/b4-2+. The molecule has 4 nitrogen and oxygen atoms in total. The van der Waals surface area contributed by atoms with E-state index in [1.54, 1.807) is 18.2 Å². The first-order chi connectivity index (χ1) is 8.49. The first-order valence-electron chi connectivity index (χ1n) is 4.82. The van der Waals surface area contributed by atoms with Gasteiger partial charge in [0, 0.05) is 15.9 Å². The van der Waals surface area contributed by atoms with Crippen LogP contribution in [0.5, 0.6) is 0 Å². The van der Waals surface area contributed by atoms with E-state index < -0.39 is 11.6 Å². The average Bonchev–Trinajstić information content (AvgIpc) is 2.30. The SMILES string of the molecule is O=C(O)/C=C/c1c(Cl)c2cc(Br)ccc2oc1=O. The number of carboxylic acid groups (broad SMARTS) is 1. The number of rotatable bonds is 2. The summed E-state index contributed by atoms with van der Waals surface area (Å²) in [6.45, 7) is 0. The van der Waals surface area contributed by atoms with Gasteiger partial charge < -0.3 is 9.52 Å². The molecule has 6 heteroatoms. The molecule has 1 N–H and O–H groups in total.